The molecule has 0 amide bonds. The Morgan fingerprint density at radius 2 is 1.42 bits per heavy atom. The van der Waals surface area contributed by atoms with Crippen molar-refractivity contribution in [1.29, 1.82) is 0 Å². The number of rotatable bonds is 5. The Balaban J connectivity index is 2.30. The van der Waals surface area contributed by atoms with Crippen LogP contribution < -0.4 is 0 Å². The van der Waals surface area contributed by atoms with Crippen molar-refractivity contribution in [3.8, 4) is 0 Å². The predicted molar refractivity (Wildman–Crippen MR) is 76.5 cm³/mol. The highest BCUT2D eigenvalue weighted by Crippen LogP contribution is 2.33. The summed E-state index contributed by atoms with van der Waals surface area (Å²) in [5.41, 5.74) is 1.76. The molecule has 2 aromatic rings. The van der Waals surface area contributed by atoms with E-state index in [4.69, 9.17) is 4.74 Å². The van der Waals surface area contributed by atoms with Crippen LogP contribution in [-0.2, 0) is 4.74 Å². The lowest BCUT2D eigenvalue weighted by Crippen LogP contribution is -2.13. The molecule has 0 unspecified atom stereocenters. The molecule has 2 heteroatoms. The normalized spacial score (nSPS) is 13.6. The third-order valence-corrected chi connectivity index (χ3v) is 2.88. The highest BCUT2D eigenvalue weighted by molar-refractivity contribution is 5.25. The molecule has 0 fully saturated rings. The molecule has 0 bridgehead atoms. The summed E-state index contributed by atoms with van der Waals surface area (Å²) in [6.07, 6.45) is -1.17. The van der Waals surface area contributed by atoms with E-state index in [9.17, 15) is 5.11 Å². The second-order valence-corrected chi connectivity index (χ2v) is 4.51. The molecule has 1 N–H and O–H groups in total. The monoisotopic (exact) mass is 254 g/mol. The van der Waals surface area contributed by atoms with Gasteiger partial charge in [0.15, 0.2) is 6.10 Å². The minimum absolute atomic E-state index is 0.443. The minimum Gasteiger partial charge on any atom is -0.488 e. The van der Waals surface area contributed by atoms with Gasteiger partial charge < -0.3 is 9.84 Å². The largest absolute Gasteiger partial charge is 0.488 e. The lowest BCUT2D eigenvalue weighted by molar-refractivity contribution is -0.00596. The molecule has 2 nitrogen and oxygen atoms in total. The fraction of sp³-hybridized carbons (Fsp3) is 0.176. The first-order chi connectivity index (χ1) is 9.18. The van der Waals surface area contributed by atoms with Crippen LogP contribution in [0.25, 0.3) is 0 Å². The first-order valence-electron chi connectivity index (χ1n) is 6.28. The first-order valence-corrected chi connectivity index (χ1v) is 6.28. The fourth-order valence-corrected chi connectivity index (χ4v) is 2.00. The summed E-state index contributed by atoms with van der Waals surface area (Å²) in [5.74, 6) is 0.587. The summed E-state index contributed by atoms with van der Waals surface area (Å²) >= 11 is 0. The van der Waals surface area contributed by atoms with Crippen molar-refractivity contribution in [3.63, 3.8) is 0 Å². The van der Waals surface area contributed by atoms with Gasteiger partial charge in [-0.2, -0.15) is 0 Å². The van der Waals surface area contributed by atoms with Gasteiger partial charge >= 0.3 is 0 Å². The zero-order valence-electron chi connectivity index (χ0n) is 11.0. The van der Waals surface area contributed by atoms with Crippen molar-refractivity contribution in [1.82, 2.24) is 0 Å². The molecular weight excluding hydrogens is 236 g/mol. The number of benzene rings is 2. The number of hydrogen-bond donors (Lipinski definition) is 1. The van der Waals surface area contributed by atoms with Gasteiger partial charge in [0.05, 0.1) is 5.76 Å². The number of aliphatic hydroxyl groups excluding tert-OH is 1. The highest BCUT2D eigenvalue weighted by atomic mass is 16.5. The van der Waals surface area contributed by atoms with Crippen LogP contribution in [0.2, 0.25) is 0 Å². The van der Waals surface area contributed by atoms with Gasteiger partial charge in [-0.25, -0.2) is 0 Å². The van der Waals surface area contributed by atoms with Gasteiger partial charge in [-0.1, -0.05) is 67.2 Å². The quantitative estimate of drug-likeness (QED) is 0.817. The van der Waals surface area contributed by atoms with Gasteiger partial charge in [0.25, 0.3) is 0 Å². The molecule has 0 aliphatic heterocycles. The van der Waals surface area contributed by atoms with Crippen LogP contribution in [0.15, 0.2) is 73.0 Å². The number of allylic oxidation sites excluding steroid dienone is 1. The summed E-state index contributed by atoms with van der Waals surface area (Å²) in [5, 5.41) is 10.5. The third-order valence-electron chi connectivity index (χ3n) is 2.88. The fourth-order valence-electron chi connectivity index (χ4n) is 2.00. The number of aliphatic hydroxyl groups is 1. The summed E-state index contributed by atoms with van der Waals surface area (Å²) < 4.78 is 5.71. The maximum Gasteiger partial charge on any atom is 0.153 e. The van der Waals surface area contributed by atoms with Crippen LogP contribution in [0.5, 0.6) is 0 Å². The Labute approximate surface area is 114 Å². The zero-order chi connectivity index (χ0) is 13.7. The van der Waals surface area contributed by atoms with Crippen molar-refractivity contribution < 1.29 is 9.84 Å². The van der Waals surface area contributed by atoms with E-state index >= 15 is 0 Å². The maximum absolute atomic E-state index is 10.5. The Hall–Kier alpha value is -2.06. The molecule has 0 aliphatic rings. The molecule has 0 saturated carbocycles. The van der Waals surface area contributed by atoms with Crippen LogP contribution in [0.3, 0.4) is 0 Å². The van der Waals surface area contributed by atoms with Gasteiger partial charge in [-0.3, -0.25) is 0 Å². The molecule has 0 heterocycles. The lowest BCUT2D eigenvalue weighted by atomic mass is 9.98. The van der Waals surface area contributed by atoms with E-state index in [2.05, 4.69) is 6.58 Å². The van der Waals surface area contributed by atoms with Crippen LogP contribution in [0.1, 0.15) is 30.3 Å². The lowest BCUT2D eigenvalue weighted by Gasteiger charge is -2.25. The standard InChI is InChI=1S/C17H18O2/c1-13(2)19-17(15-11-7-4-8-12-15)16(18)14-9-5-3-6-10-14/h3-12,16-18H,1H2,2H3/t16-,17+/m0/s1. The van der Waals surface area contributed by atoms with Crippen molar-refractivity contribution >= 4 is 0 Å². The Morgan fingerprint density at radius 3 is 1.89 bits per heavy atom. The van der Waals surface area contributed by atoms with Gasteiger partial charge in [0.2, 0.25) is 0 Å². The molecule has 2 atom stereocenters. The van der Waals surface area contributed by atoms with Crippen LogP contribution in [0.4, 0.5) is 0 Å². The molecule has 98 valence electrons. The van der Waals surface area contributed by atoms with Crippen molar-refractivity contribution in [3.05, 3.63) is 84.1 Å². The zero-order valence-corrected chi connectivity index (χ0v) is 11.0. The Morgan fingerprint density at radius 1 is 0.947 bits per heavy atom. The van der Waals surface area contributed by atoms with E-state index in [1.807, 2.05) is 60.7 Å². The number of hydrogen-bond acceptors (Lipinski definition) is 2. The second-order valence-electron chi connectivity index (χ2n) is 4.51. The van der Waals surface area contributed by atoms with Gasteiger partial charge in [0, 0.05) is 0 Å². The third kappa shape index (κ3) is 3.46. The van der Waals surface area contributed by atoms with Crippen molar-refractivity contribution in [2.24, 2.45) is 0 Å². The van der Waals surface area contributed by atoms with Crippen molar-refractivity contribution in [2.45, 2.75) is 19.1 Å². The van der Waals surface area contributed by atoms with Gasteiger partial charge in [-0.15, -0.1) is 0 Å². The molecule has 19 heavy (non-hydrogen) atoms. The summed E-state index contributed by atoms with van der Waals surface area (Å²) in [6.45, 7) is 5.55. The first kappa shape index (κ1) is 13.4. The van der Waals surface area contributed by atoms with Crippen molar-refractivity contribution in [2.75, 3.05) is 0 Å². The predicted octanol–water partition coefficient (Wildman–Crippen LogP) is 4.01. The smallest absolute Gasteiger partial charge is 0.153 e. The Bertz CT molecular complexity index is 519. The minimum atomic E-state index is -0.722. The summed E-state index contributed by atoms with van der Waals surface area (Å²) in [7, 11) is 0. The molecule has 0 aliphatic carbocycles. The van der Waals surface area contributed by atoms with Gasteiger partial charge in [-0.05, 0) is 18.1 Å². The van der Waals surface area contributed by atoms with Crippen LogP contribution >= 0.6 is 0 Å². The second kappa shape index (κ2) is 6.21. The summed E-state index contributed by atoms with van der Waals surface area (Å²) in [6, 6.07) is 19.2. The number of ether oxygens (including phenoxy) is 1. The van der Waals surface area contributed by atoms with Crippen LogP contribution in [-0.4, -0.2) is 5.11 Å². The summed E-state index contributed by atoms with van der Waals surface area (Å²) in [4.78, 5) is 0. The molecule has 0 saturated heterocycles. The SMILES string of the molecule is C=C(C)O[C@H](c1ccccc1)[C@@H](O)c1ccccc1. The molecule has 0 aromatic heterocycles. The van der Waals surface area contributed by atoms with E-state index < -0.39 is 12.2 Å². The topological polar surface area (TPSA) is 29.5 Å². The van der Waals surface area contributed by atoms with Gasteiger partial charge in [0.1, 0.15) is 6.10 Å². The Kier molecular flexibility index (Phi) is 4.37. The van der Waals surface area contributed by atoms with Crippen LogP contribution in [0, 0.1) is 0 Å². The molecule has 2 aromatic carbocycles. The van der Waals surface area contributed by atoms with E-state index in [0.29, 0.717) is 5.76 Å². The average Bonchev–Trinajstić information content (AvgIpc) is 2.46. The van der Waals surface area contributed by atoms with E-state index in [0.717, 1.165) is 11.1 Å². The molecular formula is C17H18O2. The average molecular weight is 254 g/mol. The molecule has 2 rings (SSSR count). The maximum atomic E-state index is 10.5. The van der Waals surface area contributed by atoms with E-state index in [1.165, 1.54) is 0 Å². The van der Waals surface area contributed by atoms with E-state index in [1.54, 1.807) is 6.92 Å². The molecule has 0 spiro atoms. The molecule has 0 radical (unpaired) electrons. The highest BCUT2D eigenvalue weighted by Gasteiger charge is 2.24. The van der Waals surface area contributed by atoms with E-state index in [-0.39, 0.29) is 0 Å².